The zero-order chi connectivity index (χ0) is 10.1. The second-order valence-electron chi connectivity index (χ2n) is 2.83. The van der Waals surface area contributed by atoms with E-state index in [-0.39, 0.29) is 0 Å². The number of hydrogen-bond donors (Lipinski definition) is 1. The number of nitrogens with zero attached hydrogens (tertiary/aromatic N) is 3. The molecule has 2 aromatic rings. The molecule has 4 nitrogen and oxygen atoms in total. The van der Waals surface area contributed by atoms with E-state index in [4.69, 9.17) is 23.8 Å². The average Bonchev–Trinajstić information content (AvgIpc) is 2.47. The van der Waals surface area contributed by atoms with E-state index >= 15 is 0 Å². The van der Waals surface area contributed by atoms with Gasteiger partial charge in [0.15, 0.2) is 11.0 Å². The summed E-state index contributed by atoms with van der Waals surface area (Å²) >= 11 is 10.7. The van der Waals surface area contributed by atoms with Gasteiger partial charge >= 0.3 is 0 Å². The largest absolute Gasteiger partial charge is 0.296 e. The Bertz CT molecular complexity index is 499. The molecule has 0 amide bonds. The molecule has 2 heterocycles. The molecule has 0 aromatic carbocycles. The summed E-state index contributed by atoms with van der Waals surface area (Å²) in [7, 11) is 0. The molecule has 0 spiro atoms. The van der Waals surface area contributed by atoms with Crippen molar-refractivity contribution in [3.63, 3.8) is 0 Å². The van der Waals surface area contributed by atoms with Crippen LogP contribution in [0.2, 0.25) is 5.15 Å². The summed E-state index contributed by atoms with van der Waals surface area (Å²) in [5.41, 5.74) is 0.978. The lowest BCUT2D eigenvalue weighted by molar-refractivity contribution is 0.796. The summed E-state index contributed by atoms with van der Waals surface area (Å²) in [5, 5.41) is 11.1. The molecule has 0 aliphatic rings. The molecular weight excluding hydrogens is 220 g/mol. The first kappa shape index (κ1) is 9.36. The Morgan fingerprint density at radius 2 is 2.21 bits per heavy atom. The molecule has 72 valence electrons. The summed E-state index contributed by atoms with van der Waals surface area (Å²) in [6.07, 6.45) is 0. The number of nitrogens with one attached hydrogen (secondary N) is 1. The summed E-state index contributed by atoms with van der Waals surface area (Å²) in [4.78, 5) is 0. The average molecular weight is 227 g/mol. The SMILES string of the molecule is Cc1cc(=S)n(-c2ccc(Cl)nn2)[nH]1. The number of aromatic nitrogens is 4. The van der Waals surface area contributed by atoms with E-state index in [0.29, 0.717) is 15.6 Å². The van der Waals surface area contributed by atoms with Gasteiger partial charge in [-0.15, -0.1) is 10.2 Å². The highest BCUT2D eigenvalue weighted by molar-refractivity contribution is 7.71. The molecule has 0 atom stereocenters. The third-order valence-electron chi connectivity index (χ3n) is 1.70. The van der Waals surface area contributed by atoms with E-state index in [1.807, 2.05) is 13.0 Å². The van der Waals surface area contributed by atoms with E-state index < -0.39 is 0 Å². The zero-order valence-corrected chi connectivity index (χ0v) is 8.93. The van der Waals surface area contributed by atoms with Crippen LogP contribution >= 0.6 is 23.8 Å². The molecule has 0 unspecified atom stereocenters. The number of halogens is 1. The number of aromatic amines is 1. The topological polar surface area (TPSA) is 46.5 Å². The van der Waals surface area contributed by atoms with Crippen LogP contribution in [-0.4, -0.2) is 20.0 Å². The van der Waals surface area contributed by atoms with Crippen molar-refractivity contribution >= 4 is 23.8 Å². The minimum absolute atomic E-state index is 0.364. The summed E-state index contributed by atoms with van der Waals surface area (Å²) < 4.78 is 2.34. The first-order chi connectivity index (χ1) is 6.66. The molecule has 2 aromatic heterocycles. The maximum Gasteiger partial charge on any atom is 0.175 e. The van der Waals surface area contributed by atoms with Crippen molar-refractivity contribution in [1.29, 1.82) is 0 Å². The molecule has 2 rings (SSSR count). The third kappa shape index (κ3) is 1.69. The van der Waals surface area contributed by atoms with Crippen molar-refractivity contribution < 1.29 is 0 Å². The number of rotatable bonds is 1. The van der Waals surface area contributed by atoms with Crippen molar-refractivity contribution in [2.75, 3.05) is 0 Å². The van der Waals surface area contributed by atoms with Crippen LogP contribution in [0.4, 0.5) is 0 Å². The van der Waals surface area contributed by atoms with Crippen molar-refractivity contribution in [2.45, 2.75) is 6.92 Å². The minimum Gasteiger partial charge on any atom is -0.296 e. The number of hydrogen-bond acceptors (Lipinski definition) is 3. The highest BCUT2D eigenvalue weighted by atomic mass is 35.5. The normalized spacial score (nSPS) is 10.4. The Morgan fingerprint density at radius 3 is 2.71 bits per heavy atom. The maximum absolute atomic E-state index is 5.63. The molecule has 1 N–H and O–H groups in total. The number of H-pyrrole nitrogens is 1. The van der Waals surface area contributed by atoms with Crippen molar-refractivity contribution in [2.24, 2.45) is 0 Å². The molecule has 0 saturated carbocycles. The van der Waals surface area contributed by atoms with E-state index in [0.717, 1.165) is 5.69 Å². The standard InChI is InChI=1S/C8H7ClN4S/c1-5-4-8(14)13(12-5)7-3-2-6(9)10-11-7/h2-4,12H,1H3. The Labute approximate surface area is 90.5 Å². The Hall–Kier alpha value is -1.20. The Kier molecular flexibility index (Phi) is 2.35. The van der Waals surface area contributed by atoms with Crippen LogP contribution in [-0.2, 0) is 0 Å². The molecule has 0 radical (unpaired) electrons. The van der Waals surface area contributed by atoms with Gasteiger partial charge in [0.25, 0.3) is 0 Å². The fourth-order valence-electron chi connectivity index (χ4n) is 1.11. The van der Waals surface area contributed by atoms with Gasteiger partial charge in [0.05, 0.1) is 0 Å². The summed E-state index contributed by atoms with van der Waals surface area (Å²) in [6, 6.07) is 5.27. The van der Waals surface area contributed by atoms with Crippen LogP contribution in [0.1, 0.15) is 5.69 Å². The van der Waals surface area contributed by atoms with Crippen LogP contribution < -0.4 is 0 Å². The molecule has 0 aliphatic heterocycles. The zero-order valence-electron chi connectivity index (χ0n) is 7.36. The highest BCUT2D eigenvalue weighted by Crippen LogP contribution is 2.08. The fourth-order valence-corrected chi connectivity index (χ4v) is 1.53. The lowest BCUT2D eigenvalue weighted by Crippen LogP contribution is -2.00. The van der Waals surface area contributed by atoms with Crippen LogP contribution in [0.5, 0.6) is 0 Å². The van der Waals surface area contributed by atoms with E-state index in [2.05, 4.69) is 15.3 Å². The van der Waals surface area contributed by atoms with Crippen molar-refractivity contribution in [3.8, 4) is 5.82 Å². The van der Waals surface area contributed by atoms with Gasteiger partial charge in [-0.25, -0.2) is 4.68 Å². The predicted octanol–water partition coefficient (Wildman–Crippen LogP) is 2.29. The predicted molar refractivity (Wildman–Crippen MR) is 56.3 cm³/mol. The molecule has 6 heteroatoms. The quantitative estimate of drug-likeness (QED) is 0.759. The highest BCUT2D eigenvalue weighted by Gasteiger charge is 2.01. The molecule has 0 fully saturated rings. The lowest BCUT2D eigenvalue weighted by atomic mass is 10.5. The minimum atomic E-state index is 0.364. The van der Waals surface area contributed by atoms with Gasteiger partial charge in [-0.2, -0.15) is 0 Å². The summed E-state index contributed by atoms with van der Waals surface area (Å²) in [5.74, 6) is 0.632. The Balaban J connectivity index is 2.54. The second-order valence-corrected chi connectivity index (χ2v) is 3.63. The van der Waals surface area contributed by atoms with Gasteiger partial charge in [0.2, 0.25) is 0 Å². The van der Waals surface area contributed by atoms with E-state index in [9.17, 15) is 0 Å². The first-order valence-electron chi connectivity index (χ1n) is 3.95. The maximum atomic E-state index is 5.63. The smallest absolute Gasteiger partial charge is 0.175 e. The molecule has 0 saturated heterocycles. The van der Waals surface area contributed by atoms with Crippen LogP contribution in [0, 0.1) is 11.6 Å². The Morgan fingerprint density at radius 1 is 1.43 bits per heavy atom. The molecular formula is C8H7ClN4S. The number of aryl methyl sites for hydroxylation is 1. The van der Waals surface area contributed by atoms with Gasteiger partial charge in [-0.1, -0.05) is 23.8 Å². The molecule has 0 aliphatic carbocycles. The van der Waals surface area contributed by atoms with E-state index in [1.165, 1.54) is 0 Å². The molecule has 0 bridgehead atoms. The van der Waals surface area contributed by atoms with Crippen LogP contribution in [0.3, 0.4) is 0 Å². The van der Waals surface area contributed by atoms with E-state index in [1.54, 1.807) is 16.8 Å². The summed E-state index contributed by atoms with van der Waals surface area (Å²) in [6.45, 7) is 1.93. The van der Waals surface area contributed by atoms with Crippen molar-refractivity contribution in [1.82, 2.24) is 20.0 Å². The second kappa shape index (κ2) is 3.51. The molecule has 14 heavy (non-hydrogen) atoms. The van der Waals surface area contributed by atoms with Gasteiger partial charge in [-0.05, 0) is 25.1 Å². The third-order valence-corrected chi connectivity index (χ3v) is 2.20. The van der Waals surface area contributed by atoms with Gasteiger partial charge in [-0.3, -0.25) is 5.10 Å². The monoisotopic (exact) mass is 226 g/mol. The van der Waals surface area contributed by atoms with Gasteiger partial charge < -0.3 is 0 Å². The van der Waals surface area contributed by atoms with Crippen molar-refractivity contribution in [3.05, 3.63) is 33.7 Å². The lowest BCUT2D eigenvalue weighted by Gasteiger charge is -1.99. The van der Waals surface area contributed by atoms with Gasteiger partial charge in [0, 0.05) is 5.69 Å². The first-order valence-corrected chi connectivity index (χ1v) is 4.74. The fraction of sp³-hybridized carbons (Fsp3) is 0.125. The van der Waals surface area contributed by atoms with Crippen LogP contribution in [0.25, 0.3) is 5.82 Å². The van der Waals surface area contributed by atoms with Crippen LogP contribution in [0.15, 0.2) is 18.2 Å². The van der Waals surface area contributed by atoms with Gasteiger partial charge in [0.1, 0.15) is 4.64 Å².